The number of benzene rings is 1. The van der Waals surface area contributed by atoms with Gasteiger partial charge in [0.25, 0.3) is 5.91 Å². The predicted octanol–water partition coefficient (Wildman–Crippen LogP) is 5.10. The van der Waals surface area contributed by atoms with E-state index in [9.17, 15) is 9.59 Å². The summed E-state index contributed by atoms with van der Waals surface area (Å²) in [5, 5.41) is 2.05. The first-order valence-corrected chi connectivity index (χ1v) is 11.6. The van der Waals surface area contributed by atoms with Crippen molar-refractivity contribution >= 4 is 17.5 Å². The molecule has 3 aliphatic rings. The number of para-hydroxylation sites is 1. The summed E-state index contributed by atoms with van der Waals surface area (Å²) in [6.45, 7) is 8.72. The lowest BCUT2D eigenvalue weighted by molar-refractivity contribution is -0.304. The molecule has 0 unspecified atom stereocenters. The molecule has 2 atom stereocenters. The van der Waals surface area contributed by atoms with Crippen LogP contribution in [0.1, 0.15) is 79.1 Å². The van der Waals surface area contributed by atoms with Crippen LogP contribution >= 0.6 is 0 Å². The van der Waals surface area contributed by atoms with Gasteiger partial charge in [-0.2, -0.15) is 5.06 Å². The van der Waals surface area contributed by atoms with E-state index in [2.05, 4.69) is 27.7 Å². The van der Waals surface area contributed by atoms with Crippen LogP contribution in [0.15, 0.2) is 30.3 Å². The minimum Gasteiger partial charge on any atom is -0.284 e. The Morgan fingerprint density at radius 2 is 1.43 bits per heavy atom. The first-order valence-electron chi connectivity index (χ1n) is 11.6. The lowest BCUT2D eigenvalue weighted by atomic mass is 9.78. The summed E-state index contributed by atoms with van der Waals surface area (Å²) < 4.78 is 0. The quantitative estimate of drug-likeness (QED) is 0.646. The predicted molar refractivity (Wildman–Crippen MR) is 118 cm³/mol. The molecule has 2 amide bonds. The molecule has 3 fully saturated rings. The SMILES string of the molecule is CC1(C)CCCC(C)(C)N1O[C@@H]1C(=O)N(c2ccccc2)C(=O)[C@H]1C1CCCCC1. The van der Waals surface area contributed by atoms with Crippen molar-refractivity contribution in [3.05, 3.63) is 30.3 Å². The molecule has 0 N–H and O–H groups in total. The first kappa shape index (κ1) is 21.5. The van der Waals surface area contributed by atoms with Crippen LogP contribution in [0.3, 0.4) is 0 Å². The van der Waals surface area contributed by atoms with Gasteiger partial charge in [0.05, 0.1) is 11.6 Å². The van der Waals surface area contributed by atoms with E-state index < -0.39 is 12.0 Å². The molecular formula is C25H36N2O3. The number of carbonyl (C=O) groups is 2. The summed E-state index contributed by atoms with van der Waals surface area (Å²) in [6, 6.07) is 9.32. The molecule has 2 aliphatic heterocycles. The van der Waals surface area contributed by atoms with E-state index in [1.165, 1.54) is 11.3 Å². The number of rotatable bonds is 4. The lowest BCUT2D eigenvalue weighted by Crippen LogP contribution is -2.60. The normalized spacial score (nSPS) is 30.1. The van der Waals surface area contributed by atoms with Gasteiger partial charge in [-0.1, -0.05) is 37.5 Å². The Hall–Kier alpha value is -1.72. The third-order valence-corrected chi connectivity index (χ3v) is 7.36. The smallest absolute Gasteiger partial charge is 0.265 e. The summed E-state index contributed by atoms with van der Waals surface area (Å²) in [6.07, 6.45) is 7.90. The minimum atomic E-state index is -0.738. The number of hydrogen-bond acceptors (Lipinski definition) is 4. The third kappa shape index (κ3) is 3.82. The number of amides is 2. The second-order valence-electron chi connectivity index (χ2n) is 10.6. The first-order chi connectivity index (χ1) is 14.2. The molecule has 0 bridgehead atoms. The summed E-state index contributed by atoms with van der Waals surface area (Å²) in [5.74, 6) is -0.480. The Bertz CT molecular complexity index is 767. The molecule has 1 saturated carbocycles. The summed E-state index contributed by atoms with van der Waals surface area (Å²) >= 11 is 0. The van der Waals surface area contributed by atoms with Gasteiger partial charge >= 0.3 is 0 Å². The molecular weight excluding hydrogens is 376 g/mol. The van der Waals surface area contributed by atoms with Crippen molar-refractivity contribution in [1.82, 2.24) is 5.06 Å². The highest BCUT2D eigenvalue weighted by Crippen LogP contribution is 2.44. The van der Waals surface area contributed by atoms with Crippen LogP contribution < -0.4 is 4.90 Å². The molecule has 5 heteroatoms. The molecule has 5 nitrogen and oxygen atoms in total. The van der Waals surface area contributed by atoms with Gasteiger partial charge in [0, 0.05) is 11.1 Å². The second-order valence-corrected chi connectivity index (χ2v) is 10.6. The van der Waals surface area contributed by atoms with Crippen molar-refractivity contribution in [3.8, 4) is 0 Å². The van der Waals surface area contributed by atoms with Crippen molar-refractivity contribution in [2.75, 3.05) is 4.90 Å². The van der Waals surface area contributed by atoms with Crippen LogP contribution in [-0.2, 0) is 14.4 Å². The van der Waals surface area contributed by atoms with Gasteiger partial charge in [-0.05, 0) is 77.8 Å². The molecule has 1 aliphatic carbocycles. The van der Waals surface area contributed by atoms with Crippen LogP contribution in [0.5, 0.6) is 0 Å². The van der Waals surface area contributed by atoms with Gasteiger partial charge in [0.15, 0.2) is 6.10 Å². The van der Waals surface area contributed by atoms with E-state index in [4.69, 9.17) is 4.84 Å². The molecule has 2 saturated heterocycles. The standard InChI is InChI=1S/C25H36N2O3/c1-24(2)16-11-17-25(3,4)27(24)30-21-20(18-12-7-5-8-13-18)22(28)26(23(21)29)19-14-9-6-10-15-19/h6,9-10,14-15,18,20-21H,5,7-8,11-13,16-17H2,1-4H3/t20-,21-/m0/s1. The minimum absolute atomic E-state index is 0.0873. The van der Waals surface area contributed by atoms with Crippen molar-refractivity contribution in [2.24, 2.45) is 11.8 Å². The number of piperidine rings is 1. The maximum atomic E-state index is 13.6. The van der Waals surface area contributed by atoms with E-state index in [1.54, 1.807) is 0 Å². The monoisotopic (exact) mass is 412 g/mol. The van der Waals surface area contributed by atoms with Crippen molar-refractivity contribution in [3.63, 3.8) is 0 Å². The second kappa shape index (κ2) is 8.08. The largest absolute Gasteiger partial charge is 0.284 e. The molecule has 164 valence electrons. The van der Waals surface area contributed by atoms with Crippen LogP contribution in [0.2, 0.25) is 0 Å². The number of hydrogen-bond donors (Lipinski definition) is 0. The van der Waals surface area contributed by atoms with Crippen molar-refractivity contribution in [1.29, 1.82) is 0 Å². The fourth-order valence-corrected chi connectivity index (χ4v) is 5.93. The number of nitrogens with zero attached hydrogens (tertiary/aromatic N) is 2. The average molecular weight is 413 g/mol. The zero-order valence-electron chi connectivity index (χ0n) is 18.9. The zero-order chi connectivity index (χ0) is 21.5. The van der Waals surface area contributed by atoms with Gasteiger partial charge in [-0.3, -0.25) is 14.4 Å². The maximum absolute atomic E-state index is 13.6. The Morgan fingerprint density at radius 3 is 2.03 bits per heavy atom. The van der Waals surface area contributed by atoms with E-state index in [1.807, 2.05) is 35.4 Å². The highest BCUT2D eigenvalue weighted by Gasteiger charge is 2.55. The summed E-state index contributed by atoms with van der Waals surface area (Å²) in [7, 11) is 0. The molecule has 1 aromatic rings. The Kier molecular flexibility index (Phi) is 5.80. The number of carbonyl (C=O) groups excluding carboxylic acids is 2. The molecule has 0 aromatic heterocycles. The fraction of sp³-hybridized carbons (Fsp3) is 0.680. The van der Waals surface area contributed by atoms with Crippen LogP contribution in [-0.4, -0.2) is 34.1 Å². The average Bonchev–Trinajstić information content (AvgIpc) is 2.95. The lowest BCUT2D eigenvalue weighted by Gasteiger charge is -2.52. The van der Waals surface area contributed by atoms with Crippen LogP contribution in [0.4, 0.5) is 5.69 Å². The Balaban J connectivity index is 1.69. The van der Waals surface area contributed by atoms with Gasteiger partial charge in [0.1, 0.15) is 0 Å². The van der Waals surface area contributed by atoms with Crippen LogP contribution in [0, 0.1) is 11.8 Å². The Morgan fingerprint density at radius 1 is 0.833 bits per heavy atom. The molecule has 1 aromatic carbocycles. The summed E-state index contributed by atoms with van der Waals surface area (Å²) in [4.78, 5) is 35.2. The zero-order valence-corrected chi connectivity index (χ0v) is 18.9. The fourth-order valence-electron chi connectivity index (χ4n) is 5.93. The topological polar surface area (TPSA) is 49.9 Å². The molecule has 2 heterocycles. The van der Waals surface area contributed by atoms with Crippen molar-refractivity contribution < 1.29 is 14.4 Å². The number of hydroxylamine groups is 2. The molecule has 0 radical (unpaired) electrons. The Labute approximate surface area is 180 Å². The van der Waals surface area contributed by atoms with Gasteiger partial charge in [0.2, 0.25) is 5.91 Å². The van der Waals surface area contributed by atoms with E-state index >= 15 is 0 Å². The highest BCUT2D eigenvalue weighted by atomic mass is 16.7. The van der Waals surface area contributed by atoms with E-state index in [-0.39, 0.29) is 28.8 Å². The van der Waals surface area contributed by atoms with Gasteiger partial charge < -0.3 is 0 Å². The number of imide groups is 1. The number of anilines is 1. The molecule has 4 rings (SSSR count). The van der Waals surface area contributed by atoms with E-state index in [0.717, 1.165) is 44.9 Å². The maximum Gasteiger partial charge on any atom is 0.265 e. The summed E-state index contributed by atoms with van der Waals surface area (Å²) in [5.41, 5.74) is 0.293. The van der Waals surface area contributed by atoms with Gasteiger partial charge in [-0.25, -0.2) is 4.90 Å². The van der Waals surface area contributed by atoms with Gasteiger partial charge in [-0.15, -0.1) is 0 Å². The van der Waals surface area contributed by atoms with Crippen molar-refractivity contribution in [2.45, 2.75) is 96.2 Å². The molecule has 0 spiro atoms. The highest BCUT2D eigenvalue weighted by molar-refractivity contribution is 6.23. The molecule has 30 heavy (non-hydrogen) atoms. The van der Waals surface area contributed by atoms with E-state index in [0.29, 0.717) is 5.69 Å². The third-order valence-electron chi connectivity index (χ3n) is 7.36. The van der Waals surface area contributed by atoms with Crippen LogP contribution in [0.25, 0.3) is 0 Å².